The number of carbonyl (C=O) groups is 1. The fourth-order valence-electron chi connectivity index (χ4n) is 5.85. The van der Waals surface area contributed by atoms with Crippen molar-refractivity contribution in [2.75, 3.05) is 51.3 Å². The molecule has 3 aromatic carbocycles. The number of hydrogen-bond donors (Lipinski definition) is 0. The van der Waals surface area contributed by atoms with Gasteiger partial charge in [0, 0.05) is 56.9 Å². The Bertz CT molecular complexity index is 1380. The molecule has 0 spiro atoms. The summed E-state index contributed by atoms with van der Waals surface area (Å²) < 4.78 is 34.0. The Labute approximate surface area is 225 Å². The van der Waals surface area contributed by atoms with Gasteiger partial charge in [0.05, 0.1) is 17.9 Å². The van der Waals surface area contributed by atoms with Crippen LogP contribution < -0.4 is 9.64 Å². The van der Waals surface area contributed by atoms with Crippen molar-refractivity contribution < 1.29 is 17.9 Å². The number of aryl methyl sites for hydroxylation is 2. The summed E-state index contributed by atoms with van der Waals surface area (Å²) in [5.74, 6) is -0.132. The van der Waals surface area contributed by atoms with E-state index in [4.69, 9.17) is 4.74 Å². The molecule has 2 aliphatic heterocycles. The fraction of sp³-hybridized carbons (Fsp3) is 0.367. The number of anilines is 1. The number of ether oxygens (including phenoxy) is 1. The van der Waals surface area contributed by atoms with Crippen LogP contribution in [0.4, 0.5) is 5.69 Å². The van der Waals surface area contributed by atoms with E-state index in [9.17, 15) is 13.2 Å². The van der Waals surface area contributed by atoms with Gasteiger partial charge >= 0.3 is 0 Å². The molecule has 2 saturated heterocycles. The second-order valence-electron chi connectivity index (χ2n) is 10.2. The van der Waals surface area contributed by atoms with Gasteiger partial charge in [-0.05, 0) is 42.7 Å². The summed E-state index contributed by atoms with van der Waals surface area (Å²) in [6.45, 7) is 7.43. The molecule has 7 nitrogen and oxygen atoms in total. The molecule has 0 bridgehead atoms. The minimum atomic E-state index is -3.79. The van der Waals surface area contributed by atoms with Crippen LogP contribution >= 0.6 is 0 Å². The summed E-state index contributed by atoms with van der Waals surface area (Å²) in [7, 11) is -2.27. The number of piperazine rings is 1. The molecular formula is C30H35N3O4S. The first-order valence-electron chi connectivity index (χ1n) is 13.1. The quantitative estimate of drug-likeness (QED) is 0.478. The summed E-state index contributed by atoms with van der Waals surface area (Å²) in [4.78, 5) is 18.4. The molecule has 1 amide bonds. The molecular weight excluding hydrogens is 498 g/mol. The molecule has 3 aromatic rings. The number of hydrogen-bond acceptors (Lipinski definition) is 5. The summed E-state index contributed by atoms with van der Waals surface area (Å²) in [6.07, 6.45) is 0. The molecule has 0 unspecified atom stereocenters. The van der Waals surface area contributed by atoms with Gasteiger partial charge in [-0.3, -0.25) is 4.79 Å². The van der Waals surface area contributed by atoms with Crippen LogP contribution in [-0.4, -0.2) is 69.9 Å². The second kappa shape index (κ2) is 10.8. The Morgan fingerprint density at radius 3 is 2.16 bits per heavy atom. The van der Waals surface area contributed by atoms with E-state index in [1.54, 1.807) is 18.2 Å². The normalized spacial score (nSPS) is 20.5. The number of nitrogens with zero attached hydrogens (tertiary/aromatic N) is 3. The number of carbonyl (C=O) groups excluding carboxylic acids is 1. The molecule has 2 aliphatic rings. The third-order valence-corrected chi connectivity index (χ3v) is 9.68. The standard InChI is InChI=1S/C30H35N3O4S/c1-22-9-7-10-23(2)29(22)31-15-17-32(18-16-31)30(34)28-21-33(20-27(28)24-11-5-4-6-12-24)38(35,36)26-14-8-13-25(19-26)37-3/h4-14,19,27-28H,15-18,20-21H2,1-3H3/t27-,28+/m0/s1. The van der Waals surface area contributed by atoms with Gasteiger partial charge in [-0.15, -0.1) is 0 Å². The van der Waals surface area contributed by atoms with Crippen molar-refractivity contribution in [2.24, 2.45) is 5.92 Å². The third-order valence-electron chi connectivity index (χ3n) is 7.86. The van der Waals surface area contributed by atoms with E-state index in [2.05, 4.69) is 36.9 Å². The fourth-order valence-corrected chi connectivity index (χ4v) is 7.38. The highest BCUT2D eigenvalue weighted by molar-refractivity contribution is 7.89. The Balaban J connectivity index is 1.37. The molecule has 2 heterocycles. The minimum Gasteiger partial charge on any atom is -0.497 e. The molecule has 0 saturated carbocycles. The van der Waals surface area contributed by atoms with Crippen molar-refractivity contribution in [3.8, 4) is 5.75 Å². The van der Waals surface area contributed by atoms with Crippen LogP contribution in [-0.2, 0) is 14.8 Å². The largest absolute Gasteiger partial charge is 0.497 e. The maximum atomic E-state index is 13.9. The maximum Gasteiger partial charge on any atom is 0.243 e. The van der Waals surface area contributed by atoms with E-state index in [-0.39, 0.29) is 29.8 Å². The lowest BCUT2D eigenvalue weighted by Gasteiger charge is -2.39. The van der Waals surface area contributed by atoms with Crippen molar-refractivity contribution in [2.45, 2.75) is 24.7 Å². The first-order valence-corrected chi connectivity index (χ1v) is 14.5. The van der Waals surface area contributed by atoms with Crippen molar-refractivity contribution in [1.29, 1.82) is 0 Å². The average Bonchev–Trinajstić information content (AvgIpc) is 3.40. The van der Waals surface area contributed by atoms with Gasteiger partial charge in [-0.1, -0.05) is 54.6 Å². The van der Waals surface area contributed by atoms with E-state index >= 15 is 0 Å². The lowest BCUT2D eigenvalue weighted by atomic mass is 9.88. The minimum absolute atomic E-state index is 0.0309. The average molecular weight is 534 g/mol. The van der Waals surface area contributed by atoms with E-state index < -0.39 is 15.9 Å². The van der Waals surface area contributed by atoms with Gasteiger partial charge in [-0.25, -0.2) is 8.42 Å². The van der Waals surface area contributed by atoms with Crippen molar-refractivity contribution >= 4 is 21.6 Å². The van der Waals surface area contributed by atoms with E-state index in [0.717, 1.165) is 18.7 Å². The van der Waals surface area contributed by atoms with E-state index in [0.29, 0.717) is 18.8 Å². The van der Waals surface area contributed by atoms with Gasteiger partial charge in [-0.2, -0.15) is 4.31 Å². The topological polar surface area (TPSA) is 70.2 Å². The summed E-state index contributed by atoms with van der Waals surface area (Å²) in [6, 6.07) is 22.6. The smallest absolute Gasteiger partial charge is 0.243 e. The molecule has 0 aromatic heterocycles. The van der Waals surface area contributed by atoms with Crippen molar-refractivity contribution in [3.63, 3.8) is 0 Å². The second-order valence-corrected chi connectivity index (χ2v) is 12.1. The summed E-state index contributed by atoms with van der Waals surface area (Å²) in [5.41, 5.74) is 4.72. The van der Waals surface area contributed by atoms with Gasteiger partial charge in [0.25, 0.3) is 0 Å². The SMILES string of the molecule is COc1cccc(S(=O)(=O)N2C[C@@H](C(=O)N3CCN(c4c(C)cccc4C)CC3)[C@H](c3ccccc3)C2)c1. The molecule has 2 fully saturated rings. The zero-order valence-corrected chi connectivity index (χ0v) is 23.0. The predicted octanol–water partition coefficient (Wildman–Crippen LogP) is 4.07. The lowest BCUT2D eigenvalue weighted by molar-refractivity contribution is -0.135. The lowest BCUT2D eigenvalue weighted by Crippen LogP contribution is -2.51. The predicted molar refractivity (Wildman–Crippen MR) is 149 cm³/mol. The third kappa shape index (κ3) is 5.02. The highest BCUT2D eigenvalue weighted by atomic mass is 32.2. The zero-order chi connectivity index (χ0) is 26.9. The Morgan fingerprint density at radius 2 is 1.50 bits per heavy atom. The van der Waals surface area contributed by atoms with Crippen LogP contribution in [0, 0.1) is 19.8 Å². The molecule has 0 aliphatic carbocycles. The number of rotatable bonds is 6. The number of sulfonamides is 1. The number of para-hydroxylation sites is 1. The van der Waals surface area contributed by atoms with E-state index in [1.807, 2.05) is 35.2 Å². The van der Waals surface area contributed by atoms with Crippen LogP contribution in [0.15, 0.2) is 77.7 Å². The Morgan fingerprint density at radius 1 is 0.842 bits per heavy atom. The molecule has 0 radical (unpaired) electrons. The van der Waals surface area contributed by atoms with Crippen LogP contribution in [0.1, 0.15) is 22.6 Å². The first-order chi connectivity index (χ1) is 18.3. The van der Waals surface area contributed by atoms with E-state index in [1.165, 1.54) is 34.3 Å². The highest BCUT2D eigenvalue weighted by Gasteiger charge is 2.45. The molecule has 200 valence electrons. The van der Waals surface area contributed by atoms with Crippen LogP contribution in [0.2, 0.25) is 0 Å². The molecule has 2 atom stereocenters. The van der Waals surface area contributed by atoms with Crippen LogP contribution in [0.25, 0.3) is 0 Å². The van der Waals surface area contributed by atoms with Gasteiger partial charge in [0.15, 0.2) is 0 Å². The van der Waals surface area contributed by atoms with Gasteiger partial charge in [0.1, 0.15) is 5.75 Å². The molecule has 8 heteroatoms. The monoisotopic (exact) mass is 533 g/mol. The first kappa shape index (κ1) is 26.3. The number of benzene rings is 3. The summed E-state index contributed by atoms with van der Waals surface area (Å²) >= 11 is 0. The van der Waals surface area contributed by atoms with Crippen LogP contribution in [0.5, 0.6) is 5.75 Å². The number of amides is 1. The highest BCUT2D eigenvalue weighted by Crippen LogP contribution is 2.37. The van der Waals surface area contributed by atoms with Crippen LogP contribution in [0.3, 0.4) is 0 Å². The Hall–Kier alpha value is -3.36. The molecule has 38 heavy (non-hydrogen) atoms. The number of methoxy groups -OCH3 is 1. The van der Waals surface area contributed by atoms with Gasteiger partial charge < -0.3 is 14.5 Å². The molecule has 5 rings (SSSR count). The Kier molecular flexibility index (Phi) is 7.45. The summed E-state index contributed by atoms with van der Waals surface area (Å²) in [5, 5.41) is 0. The zero-order valence-electron chi connectivity index (χ0n) is 22.2. The van der Waals surface area contributed by atoms with Crippen molar-refractivity contribution in [1.82, 2.24) is 9.21 Å². The molecule has 0 N–H and O–H groups in total. The van der Waals surface area contributed by atoms with Crippen molar-refractivity contribution in [3.05, 3.63) is 89.5 Å². The van der Waals surface area contributed by atoms with Gasteiger partial charge in [0.2, 0.25) is 15.9 Å². The maximum absolute atomic E-state index is 13.9.